The van der Waals surface area contributed by atoms with Crippen LogP contribution in [0.3, 0.4) is 0 Å². The molecule has 1 amide bonds. The molecule has 1 aromatic carbocycles. The van der Waals surface area contributed by atoms with Crippen molar-refractivity contribution in [1.82, 2.24) is 15.0 Å². The highest BCUT2D eigenvalue weighted by Crippen LogP contribution is 2.25. The molecule has 0 bridgehead atoms. The largest absolute Gasteiger partial charge is 0.444 e. The second-order valence-corrected chi connectivity index (χ2v) is 6.87. The van der Waals surface area contributed by atoms with Gasteiger partial charge in [0.1, 0.15) is 11.4 Å². The summed E-state index contributed by atoms with van der Waals surface area (Å²) in [5, 5.41) is 6.53. The number of aromatic nitrogens is 3. The van der Waals surface area contributed by atoms with Crippen LogP contribution < -0.4 is 16.4 Å². The molecule has 0 aliphatic heterocycles. The first-order valence-corrected chi connectivity index (χ1v) is 9.38. The summed E-state index contributed by atoms with van der Waals surface area (Å²) in [5.74, 6) is 0.987. The Bertz CT molecular complexity index is 934. The number of anilines is 3. The maximum Gasteiger partial charge on any atom is 0.254 e. The van der Waals surface area contributed by atoms with E-state index >= 15 is 0 Å². The maximum absolute atomic E-state index is 11.8. The molecule has 3 aromatic rings. The highest BCUT2D eigenvalue weighted by molar-refractivity contribution is 5.98. The van der Waals surface area contributed by atoms with Gasteiger partial charge in [0.05, 0.1) is 6.20 Å². The number of hydrogen-bond donors (Lipinski definition) is 3. The van der Waals surface area contributed by atoms with Crippen LogP contribution in [0.1, 0.15) is 42.5 Å². The molecule has 4 rings (SSSR count). The molecule has 8 heteroatoms. The van der Waals surface area contributed by atoms with E-state index in [1.165, 1.54) is 31.9 Å². The van der Waals surface area contributed by atoms with Crippen LogP contribution in [0.15, 0.2) is 47.5 Å². The minimum Gasteiger partial charge on any atom is -0.444 e. The van der Waals surface area contributed by atoms with Gasteiger partial charge in [-0.3, -0.25) is 4.79 Å². The van der Waals surface area contributed by atoms with Gasteiger partial charge in [-0.05, 0) is 37.1 Å². The number of rotatable bonds is 6. The Hall–Kier alpha value is -3.42. The lowest BCUT2D eigenvalue weighted by atomic mass is 9.96. The monoisotopic (exact) mass is 378 g/mol. The summed E-state index contributed by atoms with van der Waals surface area (Å²) in [6.07, 6.45) is 10.4. The average Bonchev–Trinajstić information content (AvgIpc) is 3.24. The van der Waals surface area contributed by atoms with Gasteiger partial charge in [0, 0.05) is 23.5 Å². The summed E-state index contributed by atoms with van der Waals surface area (Å²) in [6, 6.07) is 7.91. The second kappa shape index (κ2) is 8.08. The van der Waals surface area contributed by atoms with Gasteiger partial charge >= 0.3 is 0 Å². The van der Waals surface area contributed by atoms with Gasteiger partial charge in [0.2, 0.25) is 5.95 Å². The molecule has 0 saturated heterocycles. The maximum atomic E-state index is 11.8. The Morgan fingerprint density at radius 3 is 2.57 bits per heavy atom. The van der Waals surface area contributed by atoms with E-state index in [1.54, 1.807) is 6.20 Å². The molecular formula is C20H22N6O2. The predicted molar refractivity (Wildman–Crippen MR) is 106 cm³/mol. The first-order valence-electron chi connectivity index (χ1n) is 9.38. The zero-order chi connectivity index (χ0) is 19.3. The molecular weight excluding hydrogens is 356 g/mol. The standard InChI is InChI=1S/C20H22N6O2/c21-18(27)16-10-23-20(25-14-4-2-1-3-5-14)26-19(16)24-15-8-6-13(7-9-15)17-11-22-12-28-17/h6-12,14H,1-5H2,(H2,21,27)(H2,23,24,25,26). The van der Waals surface area contributed by atoms with Crippen molar-refractivity contribution in [1.29, 1.82) is 0 Å². The van der Waals surface area contributed by atoms with Crippen molar-refractivity contribution in [2.24, 2.45) is 5.73 Å². The van der Waals surface area contributed by atoms with E-state index in [9.17, 15) is 4.79 Å². The van der Waals surface area contributed by atoms with E-state index in [-0.39, 0.29) is 5.56 Å². The number of oxazole rings is 1. The van der Waals surface area contributed by atoms with Gasteiger partial charge in [-0.15, -0.1) is 0 Å². The molecule has 0 radical (unpaired) electrons. The molecule has 8 nitrogen and oxygen atoms in total. The number of benzene rings is 1. The molecule has 4 N–H and O–H groups in total. The van der Waals surface area contributed by atoms with Gasteiger partial charge in [0.25, 0.3) is 5.91 Å². The van der Waals surface area contributed by atoms with E-state index < -0.39 is 5.91 Å². The normalized spacial score (nSPS) is 14.6. The highest BCUT2D eigenvalue weighted by atomic mass is 16.3. The van der Waals surface area contributed by atoms with Crippen LogP contribution in [0, 0.1) is 0 Å². The Morgan fingerprint density at radius 1 is 1.11 bits per heavy atom. The SMILES string of the molecule is NC(=O)c1cnc(NC2CCCCC2)nc1Nc1ccc(-c2cnco2)cc1. The number of nitrogens with one attached hydrogen (secondary N) is 2. The molecule has 144 valence electrons. The molecule has 0 atom stereocenters. The van der Waals surface area contributed by atoms with Gasteiger partial charge < -0.3 is 20.8 Å². The van der Waals surface area contributed by atoms with Crippen LogP contribution in [0.5, 0.6) is 0 Å². The van der Waals surface area contributed by atoms with Crippen LogP contribution in [0.2, 0.25) is 0 Å². The summed E-state index contributed by atoms with van der Waals surface area (Å²) >= 11 is 0. The first-order chi connectivity index (χ1) is 13.7. The zero-order valence-corrected chi connectivity index (χ0v) is 15.4. The fourth-order valence-electron chi connectivity index (χ4n) is 3.37. The van der Waals surface area contributed by atoms with Crippen molar-refractivity contribution in [3.05, 3.63) is 48.6 Å². The number of carbonyl (C=O) groups is 1. The van der Waals surface area contributed by atoms with Gasteiger partial charge in [-0.2, -0.15) is 4.98 Å². The third-order valence-corrected chi connectivity index (χ3v) is 4.86. The van der Waals surface area contributed by atoms with Crippen LogP contribution in [0.25, 0.3) is 11.3 Å². The number of primary amides is 1. The van der Waals surface area contributed by atoms with Crippen molar-refractivity contribution >= 4 is 23.4 Å². The molecule has 1 aliphatic rings. The van der Waals surface area contributed by atoms with Crippen molar-refractivity contribution in [3.63, 3.8) is 0 Å². The lowest BCUT2D eigenvalue weighted by molar-refractivity contribution is 0.100. The van der Waals surface area contributed by atoms with Gasteiger partial charge in [-0.1, -0.05) is 19.3 Å². The van der Waals surface area contributed by atoms with Crippen LogP contribution in [-0.4, -0.2) is 26.9 Å². The van der Waals surface area contributed by atoms with E-state index in [1.807, 2.05) is 24.3 Å². The van der Waals surface area contributed by atoms with Gasteiger partial charge in [0.15, 0.2) is 12.2 Å². The number of nitrogens with zero attached hydrogens (tertiary/aromatic N) is 3. The number of hydrogen-bond acceptors (Lipinski definition) is 7. The zero-order valence-electron chi connectivity index (χ0n) is 15.4. The third-order valence-electron chi connectivity index (χ3n) is 4.86. The summed E-state index contributed by atoms with van der Waals surface area (Å²) in [4.78, 5) is 24.5. The van der Waals surface area contributed by atoms with E-state index in [2.05, 4.69) is 25.6 Å². The summed E-state index contributed by atoms with van der Waals surface area (Å²) in [6.45, 7) is 0. The fourth-order valence-corrected chi connectivity index (χ4v) is 3.37. The minimum atomic E-state index is -0.579. The molecule has 2 heterocycles. The van der Waals surface area contributed by atoms with Crippen molar-refractivity contribution in [3.8, 4) is 11.3 Å². The van der Waals surface area contributed by atoms with Crippen LogP contribution in [-0.2, 0) is 0 Å². The lowest BCUT2D eigenvalue weighted by Crippen LogP contribution is -2.24. The number of amides is 1. The lowest BCUT2D eigenvalue weighted by Gasteiger charge is -2.23. The minimum absolute atomic E-state index is 0.244. The summed E-state index contributed by atoms with van der Waals surface area (Å²) in [5.41, 5.74) is 7.41. The molecule has 1 fully saturated rings. The Balaban J connectivity index is 1.54. The van der Waals surface area contributed by atoms with E-state index in [0.717, 1.165) is 24.1 Å². The quantitative estimate of drug-likeness (QED) is 0.598. The fraction of sp³-hybridized carbons (Fsp3) is 0.300. The number of nitrogens with two attached hydrogens (primary N) is 1. The van der Waals surface area contributed by atoms with E-state index in [0.29, 0.717) is 23.6 Å². The summed E-state index contributed by atoms with van der Waals surface area (Å²) < 4.78 is 5.29. The molecule has 0 spiro atoms. The molecule has 28 heavy (non-hydrogen) atoms. The molecule has 2 aromatic heterocycles. The first kappa shape index (κ1) is 18.0. The second-order valence-electron chi connectivity index (χ2n) is 6.87. The van der Waals surface area contributed by atoms with Gasteiger partial charge in [-0.25, -0.2) is 9.97 Å². The summed E-state index contributed by atoms with van der Waals surface area (Å²) in [7, 11) is 0. The third kappa shape index (κ3) is 4.11. The van der Waals surface area contributed by atoms with Crippen LogP contribution >= 0.6 is 0 Å². The number of carbonyl (C=O) groups excluding carboxylic acids is 1. The van der Waals surface area contributed by atoms with Crippen molar-refractivity contribution in [2.75, 3.05) is 10.6 Å². The average molecular weight is 378 g/mol. The van der Waals surface area contributed by atoms with Crippen molar-refractivity contribution in [2.45, 2.75) is 38.1 Å². The molecule has 0 unspecified atom stereocenters. The highest BCUT2D eigenvalue weighted by Gasteiger charge is 2.17. The Morgan fingerprint density at radius 2 is 1.89 bits per heavy atom. The topological polar surface area (TPSA) is 119 Å². The smallest absolute Gasteiger partial charge is 0.254 e. The Kier molecular flexibility index (Phi) is 5.18. The van der Waals surface area contributed by atoms with Crippen LogP contribution in [0.4, 0.5) is 17.5 Å². The molecule has 1 saturated carbocycles. The molecule has 1 aliphatic carbocycles. The van der Waals surface area contributed by atoms with Crippen molar-refractivity contribution < 1.29 is 9.21 Å². The predicted octanol–water partition coefficient (Wildman–Crippen LogP) is 3.72. The van der Waals surface area contributed by atoms with E-state index in [4.69, 9.17) is 10.2 Å². The Labute approximate surface area is 162 Å².